The molecule has 1 aliphatic rings. The molecule has 2 heterocycles. The predicted octanol–water partition coefficient (Wildman–Crippen LogP) is 1.29. The molecular formula is C11H17N3O. The summed E-state index contributed by atoms with van der Waals surface area (Å²) in [6.45, 7) is 2.28. The molecule has 82 valence electrons. The van der Waals surface area contributed by atoms with Gasteiger partial charge in [-0.2, -0.15) is 4.98 Å². The van der Waals surface area contributed by atoms with Crippen molar-refractivity contribution in [3.05, 3.63) is 18.0 Å². The number of ether oxygens (including phenoxy) is 1. The first-order chi connectivity index (χ1) is 7.29. The zero-order valence-electron chi connectivity index (χ0n) is 9.31. The Kier molecular flexibility index (Phi) is 3.16. The van der Waals surface area contributed by atoms with Crippen LogP contribution in [-0.4, -0.2) is 42.1 Å². The first-order valence-corrected chi connectivity index (χ1v) is 5.35. The summed E-state index contributed by atoms with van der Waals surface area (Å²) in [6.07, 6.45) is 4.23. The van der Waals surface area contributed by atoms with Crippen molar-refractivity contribution < 1.29 is 4.74 Å². The number of methoxy groups -OCH3 is 1. The van der Waals surface area contributed by atoms with Crippen molar-refractivity contribution in [2.45, 2.75) is 18.8 Å². The quantitative estimate of drug-likeness (QED) is 0.732. The van der Waals surface area contributed by atoms with Crippen LogP contribution in [0, 0.1) is 0 Å². The van der Waals surface area contributed by atoms with Gasteiger partial charge in [0.1, 0.15) is 0 Å². The Hall–Kier alpha value is -1.16. The average molecular weight is 207 g/mol. The van der Waals surface area contributed by atoms with Gasteiger partial charge in [-0.05, 0) is 32.5 Å². The van der Waals surface area contributed by atoms with E-state index in [1.165, 1.54) is 19.4 Å². The molecule has 1 fully saturated rings. The SMILES string of the molecule is COc1nccc(C2CCCN(C)C2)n1. The maximum absolute atomic E-state index is 5.04. The Bertz CT molecular complexity index is 329. The van der Waals surface area contributed by atoms with Crippen LogP contribution in [0.25, 0.3) is 0 Å². The second kappa shape index (κ2) is 4.57. The number of hydrogen-bond donors (Lipinski definition) is 0. The van der Waals surface area contributed by atoms with Crippen LogP contribution in [0.5, 0.6) is 6.01 Å². The van der Waals surface area contributed by atoms with Gasteiger partial charge < -0.3 is 9.64 Å². The van der Waals surface area contributed by atoms with E-state index in [1.54, 1.807) is 13.3 Å². The molecule has 1 unspecified atom stereocenters. The average Bonchev–Trinajstić information content (AvgIpc) is 2.29. The summed E-state index contributed by atoms with van der Waals surface area (Å²) in [6, 6.07) is 2.47. The first kappa shape index (κ1) is 10.4. The fraction of sp³-hybridized carbons (Fsp3) is 0.636. The smallest absolute Gasteiger partial charge is 0.316 e. The number of likely N-dealkylation sites (tertiary alicyclic amines) is 1. The standard InChI is InChI=1S/C11H17N3O/c1-14-7-3-4-9(8-14)10-5-6-12-11(13-10)15-2/h5-6,9H,3-4,7-8H2,1-2H3. The lowest BCUT2D eigenvalue weighted by Gasteiger charge is -2.29. The normalized spacial score (nSPS) is 22.7. The van der Waals surface area contributed by atoms with Gasteiger partial charge in [0.15, 0.2) is 0 Å². The molecular weight excluding hydrogens is 190 g/mol. The Labute approximate surface area is 90.3 Å². The molecule has 0 N–H and O–H groups in total. The van der Waals surface area contributed by atoms with Gasteiger partial charge in [-0.25, -0.2) is 4.98 Å². The Morgan fingerprint density at radius 2 is 2.40 bits per heavy atom. The Morgan fingerprint density at radius 3 is 3.13 bits per heavy atom. The maximum Gasteiger partial charge on any atom is 0.316 e. The molecule has 0 bridgehead atoms. The summed E-state index contributed by atoms with van der Waals surface area (Å²) in [5.74, 6) is 0.528. The number of aromatic nitrogens is 2. The number of rotatable bonds is 2. The lowest BCUT2D eigenvalue weighted by Crippen LogP contribution is -2.31. The number of nitrogens with zero attached hydrogens (tertiary/aromatic N) is 3. The zero-order chi connectivity index (χ0) is 10.7. The van der Waals surface area contributed by atoms with Gasteiger partial charge in [0.2, 0.25) is 0 Å². The van der Waals surface area contributed by atoms with Gasteiger partial charge in [0.25, 0.3) is 0 Å². The molecule has 4 heteroatoms. The zero-order valence-corrected chi connectivity index (χ0v) is 9.31. The topological polar surface area (TPSA) is 38.2 Å². The summed E-state index contributed by atoms with van der Waals surface area (Å²) < 4.78 is 5.04. The van der Waals surface area contributed by atoms with Gasteiger partial charge in [0, 0.05) is 18.7 Å². The highest BCUT2D eigenvalue weighted by Gasteiger charge is 2.20. The second-order valence-corrected chi connectivity index (χ2v) is 4.07. The molecule has 0 aliphatic carbocycles. The molecule has 0 radical (unpaired) electrons. The number of hydrogen-bond acceptors (Lipinski definition) is 4. The van der Waals surface area contributed by atoms with Crippen LogP contribution in [0.1, 0.15) is 24.5 Å². The lowest BCUT2D eigenvalue weighted by atomic mass is 9.95. The lowest BCUT2D eigenvalue weighted by molar-refractivity contribution is 0.247. The van der Waals surface area contributed by atoms with Crippen LogP contribution in [0.2, 0.25) is 0 Å². The van der Waals surface area contributed by atoms with E-state index in [4.69, 9.17) is 4.74 Å². The van der Waals surface area contributed by atoms with Gasteiger partial charge in [-0.15, -0.1) is 0 Å². The highest BCUT2D eigenvalue weighted by Crippen LogP contribution is 2.25. The van der Waals surface area contributed by atoms with E-state index < -0.39 is 0 Å². The predicted molar refractivity (Wildman–Crippen MR) is 58.1 cm³/mol. The van der Waals surface area contributed by atoms with Crippen molar-refractivity contribution in [1.82, 2.24) is 14.9 Å². The van der Waals surface area contributed by atoms with Crippen LogP contribution < -0.4 is 4.74 Å². The van der Waals surface area contributed by atoms with Crippen molar-refractivity contribution in [3.63, 3.8) is 0 Å². The summed E-state index contributed by atoms with van der Waals surface area (Å²) >= 11 is 0. The second-order valence-electron chi connectivity index (χ2n) is 4.07. The third-order valence-electron chi connectivity index (χ3n) is 2.88. The molecule has 1 atom stereocenters. The fourth-order valence-electron chi connectivity index (χ4n) is 2.09. The minimum Gasteiger partial charge on any atom is -0.467 e. The van der Waals surface area contributed by atoms with Gasteiger partial charge in [-0.1, -0.05) is 0 Å². The Morgan fingerprint density at radius 1 is 1.53 bits per heavy atom. The van der Waals surface area contributed by atoms with Gasteiger partial charge in [-0.3, -0.25) is 0 Å². The highest BCUT2D eigenvalue weighted by molar-refractivity contribution is 5.12. The minimum absolute atomic E-state index is 0.473. The molecule has 0 amide bonds. The fourth-order valence-corrected chi connectivity index (χ4v) is 2.09. The summed E-state index contributed by atoms with van der Waals surface area (Å²) in [4.78, 5) is 10.8. The third kappa shape index (κ3) is 2.45. The van der Waals surface area contributed by atoms with Crippen molar-refractivity contribution in [1.29, 1.82) is 0 Å². The molecule has 4 nitrogen and oxygen atoms in total. The number of piperidine rings is 1. The van der Waals surface area contributed by atoms with E-state index in [-0.39, 0.29) is 0 Å². The molecule has 15 heavy (non-hydrogen) atoms. The van der Waals surface area contributed by atoms with Crippen LogP contribution in [-0.2, 0) is 0 Å². The molecule has 0 saturated carbocycles. The van der Waals surface area contributed by atoms with Crippen molar-refractivity contribution in [2.75, 3.05) is 27.2 Å². The Balaban J connectivity index is 2.13. The largest absolute Gasteiger partial charge is 0.467 e. The molecule has 0 spiro atoms. The van der Waals surface area contributed by atoms with Crippen LogP contribution >= 0.6 is 0 Å². The van der Waals surface area contributed by atoms with E-state index in [9.17, 15) is 0 Å². The number of likely N-dealkylation sites (N-methyl/N-ethyl adjacent to an activating group) is 1. The summed E-state index contributed by atoms with van der Waals surface area (Å²) in [5.41, 5.74) is 1.11. The van der Waals surface area contributed by atoms with Gasteiger partial charge in [0.05, 0.1) is 12.8 Å². The first-order valence-electron chi connectivity index (χ1n) is 5.35. The monoisotopic (exact) mass is 207 g/mol. The molecule has 1 aliphatic heterocycles. The highest BCUT2D eigenvalue weighted by atomic mass is 16.5. The van der Waals surface area contributed by atoms with Gasteiger partial charge >= 0.3 is 6.01 Å². The van der Waals surface area contributed by atoms with Crippen LogP contribution in [0.3, 0.4) is 0 Å². The summed E-state index contributed by atoms with van der Waals surface area (Å²) in [5, 5.41) is 0. The minimum atomic E-state index is 0.473. The van der Waals surface area contributed by atoms with Crippen molar-refractivity contribution >= 4 is 0 Å². The molecule has 1 saturated heterocycles. The van der Waals surface area contributed by atoms with E-state index >= 15 is 0 Å². The molecule has 1 aromatic rings. The molecule has 2 rings (SSSR count). The van der Waals surface area contributed by atoms with E-state index in [1.807, 2.05) is 6.07 Å². The third-order valence-corrected chi connectivity index (χ3v) is 2.88. The van der Waals surface area contributed by atoms with E-state index in [0.717, 1.165) is 12.2 Å². The van der Waals surface area contributed by atoms with E-state index in [0.29, 0.717) is 11.9 Å². The maximum atomic E-state index is 5.04. The molecule has 1 aromatic heterocycles. The van der Waals surface area contributed by atoms with Crippen LogP contribution in [0.4, 0.5) is 0 Å². The van der Waals surface area contributed by atoms with Crippen molar-refractivity contribution in [3.8, 4) is 6.01 Å². The summed E-state index contributed by atoms with van der Waals surface area (Å²) in [7, 11) is 3.76. The van der Waals surface area contributed by atoms with Crippen LogP contribution in [0.15, 0.2) is 12.3 Å². The molecule has 0 aromatic carbocycles. The van der Waals surface area contributed by atoms with E-state index in [2.05, 4.69) is 21.9 Å². The van der Waals surface area contributed by atoms with Crippen molar-refractivity contribution in [2.24, 2.45) is 0 Å².